The van der Waals surface area contributed by atoms with E-state index in [2.05, 4.69) is 31.9 Å². The topological polar surface area (TPSA) is 52.6 Å². The fraction of sp³-hybridized carbons (Fsp3) is 0.500. The zero-order chi connectivity index (χ0) is 11.0. The van der Waals surface area contributed by atoms with Gasteiger partial charge in [0.2, 0.25) is 20.5 Å². The molecule has 6 heteroatoms. The summed E-state index contributed by atoms with van der Waals surface area (Å²) in [5.41, 5.74) is 0. The summed E-state index contributed by atoms with van der Waals surface area (Å²) in [6, 6.07) is 0. The number of hydrogen-bond donors (Lipinski definition) is 0. The first kappa shape index (κ1) is 11.5. The fourth-order valence-electron chi connectivity index (χ4n) is 0.914. The minimum absolute atomic E-state index is 0.105. The molecule has 0 atom stereocenters. The molecule has 0 bridgehead atoms. The SMILES string of the molecule is CC1(C)OC(=C=O)C(Br)(Br)C(=C=O)O1. The molecule has 0 N–H and O–H groups in total. The van der Waals surface area contributed by atoms with E-state index < -0.39 is 9.02 Å². The average molecular weight is 326 g/mol. The minimum atomic E-state index is -1.26. The van der Waals surface area contributed by atoms with Crippen molar-refractivity contribution in [2.45, 2.75) is 22.9 Å². The van der Waals surface area contributed by atoms with Gasteiger partial charge in [0.15, 0.2) is 11.9 Å². The molecule has 0 aromatic heterocycles. The number of ether oxygens (including phenoxy) is 2. The van der Waals surface area contributed by atoms with Crippen LogP contribution >= 0.6 is 31.9 Å². The van der Waals surface area contributed by atoms with Crippen molar-refractivity contribution >= 4 is 43.7 Å². The lowest BCUT2D eigenvalue weighted by Crippen LogP contribution is -2.41. The van der Waals surface area contributed by atoms with E-state index in [0.29, 0.717) is 0 Å². The van der Waals surface area contributed by atoms with Gasteiger partial charge in [0.1, 0.15) is 0 Å². The summed E-state index contributed by atoms with van der Waals surface area (Å²) in [6.45, 7) is 3.13. The smallest absolute Gasteiger partial charge is 0.247 e. The van der Waals surface area contributed by atoms with Crippen LogP contribution < -0.4 is 0 Å². The number of rotatable bonds is 0. The van der Waals surface area contributed by atoms with Crippen LogP contribution in [-0.4, -0.2) is 20.9 Å². The molecule has 1 aliphatic heterocycles. The van der Waals surface area contributed by atoms with Crippen LogP contribution in [0.15, 0.2) is 11.5 Å². The van der Waals surface area contributed by atoms with Gasteiger partial charge in [0.25, 0.3) is 0 Å². The van der Waals surface area contributed by atoms with E-state index in [4.69, 9.17) is 9.47 Å². The van der Waals surface area contributed by atoms with Gasteiger partial charge < -0.3 is 9.47 Å². The molecule has 0 unspecified atom stereocenters. The molecule has 0 spiro atoms. The van der Waals surface area contributed by atoms with Crippen molar-refractivity contribution in [3.05, 3.63) is 11.5 Å². The first-order valence-corrected chi connectivity index (χ1v) is 5.19. The molecule has 14 heavy (non-hydrogen) atoms. The molecule has 4 nitrogen and oxygen atoms in total. The van der Waals surface area contributed by atoms with Crippen LogP contribution in [0.2, 0.25) is 0 Å². The van der Waals surface area contributed by atoms with Gasteiger partial charge in [-0.2, -0.15) is 0 Å². The van der Waals surface area contributed by atoms with Crippen LogP contribution in [0.5, 0.6) is 0 Å². The van der Waals surface area contributed by atoms with Crippen LogP contribution in [-0.2, 0) is 19.1 Å². The first-order valence-electron chi connectivity index (χ1n) is 3.60. The lowest BCUT2D eigenvalue weighted by Gasteiger charge is -2.38. The van der Waals surface area contributed by atoms with Gasteiger partial charge in [-0.25, -0.2) is 9.59 Å². The molecular weight excluding hydrogens is 320 g/mol. The highest BCUT2D eigenvalue weighted by molar-refractivity contribution is 9.25. The Labute approximate surface area is 97.2 Å². The lowest BCUT2D eigenvalue weighted by molar-refractivity contribution is -0.185. The van der Waals surface area contributed by atoms with Gasteiger partial charge >= 0.3 is 0 Å². The van der Waals surface area contributed by atoms with Crippen molar-refractivity contribution < 1.29 is 19.1 Å². The molecule has 1 rings (SSSR count). The van der Waals surface area contributed by atoms with Crippen LogP contribution in [0.3, 0.4) is 0 Å². The van der Waals surface area contributed by atoms with Crippen molar-refractivity contribution in [1.82, 2.24) is 0 Å². The zero-order valence-corrected chi connectivity index (χ0v) is 10.6. The molecule has 1 fully saturated rings. The second kappa shape index (κ2) is 3.55. The van der Waals surface area contributed by atoms with E-state index in [1.165, 1.54) is 0 Å². The molecule has 1 aliphatic rings. The van der Waals surface area contributed by atoms with Gasteiger partial charge in [0, 0.05) is 13.8 Å². The van der Waals surface area contributed by atoms with Gasteiger partial charge in [-0.1, -0.05) is 31.9 Å². The van der Waals surface area contributed by atoms with E-state index in [1.807, 2.05) is 0 Å². The molecule has 0 aliphatic carbocycles. The maximum Gasteiger partial charge on any atom is 0.247 e. The summed E-state index contributed by atoms with van der Waals surface area (Å²) in [6.07, 6.45) is 0. The third kappa shape index (κ3) is 1.93. The molecule has 1 heterocycles. The van der Waals surface area contributed by atoms with E-state index >= 15 is 0 Å². The zero-order valence-electron chi connectivity index (χ0n) is 7.39. The first-order chi connectivity index (χ1) is 6.33. The van der Waals surface area contributed by atoms with E-state index in [1.54, 1.807) is 25.7 Å². The Hall–Kier alpha value is -0.540. The molecule has 76 valence electrons. The summed E-state index contributed by atoms with van der Waals surface area (Å²) < 4.78 is 9.03. The van der Waals surface area contributed by atoms with E-state index in [0.717, 1.165) is 0 Å². The Balaban J connectivity index is 3.25. The summed E-state index contributed by atoms with van der Waals surface area (Å²) >= 11 is 6.13. The molecule has 0 aromatic carbocycles. The summed E-state index contributed by atoms with van der Waals surface area (Å²) in [5.74, 6) is 1.88. The van der Waals surface area contributed by atoms with Crippen molar-refractivity contribution in [3.8, 4) is 0 Å². The number of alkyl halides is 2. The molecular formula is C8H6Br2O4. The Morgan fingerprint density at radius 2 is 1.43 bits per heavy atom. The second-order valence-electron chi connectivity index (χ2n) is 3.04. The predicted octanol–water partition coefficient (Wildman–Crippen LogP) is 1.69. The molecule has 0 saturated carbocycles. The fourth-order valence-corrected chi connectivity index (χ4v) is 1.56. The summed E-state index contributed by atoms with van der Waals surface area (Å²) in [4.78, 5) is 21.2. The predicted molar refractivity (Wildman–Crippen MR) is 55.2 cm³/mol. The highest BCUT2D eigenvalue weighted by atomic mass is 79.9. The lowest BCUT2D eigenvalue weighted by atomic mass is 10.2. The largest absolute Gasteiger partial charge is 0.443 e. The Morgan fingerprint density at radius 1 is 1.07 bits per heavy atom. The van der Waals surface area contributed by atoms with Crippen LogP contribution in [0.25, 0.3) is 0 Å². The molecule has 0 amide bonds. The molecule has 1 saturated heterocycles. The van der Waals surface area contributed by atoms with Crippen LogP contribution in [0.4, 0.5) is 0 Å². The van der Waals surface area contributed by atoms with E-state index in [9.17, 15) is 9.59 Å². The van der Waals surface area contributed by atoms with E-state index in [-0.39, 0.29) is 11.5 Å². The number of hydrogen-bond acceptors (Lipinski definition) is 4. The summed E-state index contributed by atoms with van der Waals surface area (Å²) in [7, 11) is 0. The second-order valence-corrected chi connectivity index (χ2v) is 6.48. The Kier molecular flexibility index (Phi) is 2.93. The quantitative estimate of drug-likeness (QED) is 0.502. The minimum Gasteiger partial charge on any atom is -0.443 e. The normalized spacial score (nSPS) is 22.9. The van der Waals surface area contributed by atoms with Crippen molar-refractivity contribution in [2.75, 3.05) is 0 Å². The number of carbonyl (C=O) groups excluding carboxylic acids is 2. The van der Waals surface area contributed by atoms with Crippen molar-refractivity contribution in [3.63, 3.8) is 0 Å². The van der Waals surface area contributed by atoms with Gasteiger partial charge in [-0.3, -0.25) is 0 Å². The maximum absolute atomic E-state index is 10.6. The van der Waals surface area contributed by atoms with Gasteiger partial charge in [-0.05, 0) is 0 Å². The third-order valence-corrected chi connectivity index (χ3v) is 2.89. The molecule has 0 aromatic rings. The third-order valence-electron chi connectivity index (χ3n) is 1.45. The van der Waals surface area contributed by atoms with Crippen LogP contribution in [0.1, 0.15) is 13.8 Å². The molecule has 0 radical (unpaired) electrons. The number of halogens is 2. The average Bonchev–Trinajstić information content (AvgIpc) is 2.08. The Morgan fingerprint density at radius 3 is 1.71 bits per heavy atom. The Bertz CT molecular complexity index is 328. The van der Waals surface area contributed by atoms with Gasteiger partial charge in [-0.15, -0.1) is 0 Å². The monoisotopic (exact) mass is 324 g/mol. The highest BCUT2D eigenvalue weighted by Crippen LogP contribution is 2.47. The van der Waals surface area contributed by atoms with Crippen molar-refractivity contribution in [1.29, 1.82) is 0 Å². The standard InChI is InChI=1S/C8H6Br2O4/c1-7(2)13-5(3-11)8(9,10)6(4-12)14-7/h1-2H3. The van der Waals surface area contributed by atoms with Gasteiger partial charge in [0.05, 0.1) is 0 Å². The highest BCUT2D eigenvalue weighted by Gasteiger charge is 2.48. The summed E-state index contributed by atoms with van der Waals surface area (Å²) in [5, 5.41) is 0. The van der Waals surface area contributed by atoms with Crippen LogP contribution in [0, 0.1) is 0 Å². The van der Waals surface area contributed by atoms with Crippen molar-refractivity contribution in [2.24, 2.45) is 0 Å². The maximum atomic E-state index is 10.6.